The van der Waals surface area contributed by atoms with Gasteiger partial charge in [-0.3, -0.25) is 14.4 Å². The van der Waals surface area contributed by atoms with Crippen LogP contribution in [-0.2, 0) is 19.1 Å². The van der Waals surface area contributed by atoms with Gasteiger partial charge in [0.2, 0.25) is 0 Å². The molecule has 5 heteroatoms. The number of esters is 1. The number of carbonyl (C=O) groups is 3. The fourth-order valence-corrected chi connectivity index (χ4v) is 3.88. The van der Waals surface area contributed by atoms with E-state index in [1.807, 2.05) is 25.2 Å². The van der Waals surface area contributed by atoms with Gasteiger partial charge in [-0.15, -0.1) is 0 Å². The number of hydrogen-bond donors (Lipinski definition) is 1. The van der Waals surface area contributed by atoms with E-state index >= 15 is 0 Å². The predicted octanol–water partition coefficient (Wildman–Crippen LogP) is 5.13. The number of allylic oxidation sites excluding steroid dienone is 5. The third-order valence-corrected chi connectivity index (χ3v) is 5.85. The highest BCUT2D eigenvalue weighted by Crippen LogP contribution is 2.33. The van der Waals surface area contributed by atoms with E-state index in [4.69, 9.17) is 4.74 Å². The van der Waals surface area contributed by atoms with Crippen molar-refractivity contribution >= 4 is 17.5 Å². The number of aliphatic hydroxyl groups excluding tert-OH is 1. The minimum atomic E-state index is -0.442. The molecule has 0 radical (unpaired) electrons. The maximum absolute atomic E-state index is 12.7. The molecule has 1 rings (SSSR count). The van der Waals surface area contributed by atoms with Gasteiger partial charge in [0.05, 0.1) is 6.10 Å². The van der Waals surface area contributed by atoms with Crippen molar-refractivity contribution < 1.29 is 24.2 Å². The Morgan fingerprint density at radius 2 is 1.97 bits per heavy atom. The van der Waals surface area contributed by atoms with Gasteiger partial charge in [-0.05, 0) is 50.0 Å². The summed E-state index contributed by atoms with van der Waals surface area (Å²) in [7, 11) is 0. The Morgan fingerprint density at radius 1 is 1.23 bits per heavy atom. The molecule has 0 aliphatic heterocycles. The maximum Gasteiger partial charge on any atom is 0.303 e. The van der Waals surface area contributed by atoms with Crippen molar-refractivity contribution in [3.63, 3.8) is 0 Å². The maximum atomic E-state index is 12.7. The molecule has 0 aromatic rings. The summed E-state index contributed by atoms with van der Waals surface area (Å²) >= 11 is 0. The normalized spacial score (nSPS) is 20.9. The number of ether oxygens (including phenoxy) is 1. The van der Waals surface area contributed by atoms with Gasteiger partial charge < -0.3 is 9.84 Å². The molecular weight excluding hydrogens is 392 g/mol. The molecular formula is C26H40O5. The van der Waals surface area contributed by atoms with Crippen LogP contribution in [-0.4, -0.2) is 35.4 Å². The summed E-state index contributed by atoms with van der Waals surface area (Å²) in [5.41, 5.74) is 0.893. The Labute approximate surface area is 187 Å². The summed E-state index contributed by atoms with van der Waals surface area (Å²) in [6, 6.07) is 0. The molecule has 0 spiro atoms. The lowest BCUT2D eigenvalue weighted by Crippen LogP contribution is -2.17. The van der Waals surface area contributed by atoms with Crippen molar-refractivity contribution in [3.8, 4) is 0 Å². The first-order valence-corrected chi connectivity index (χ1v) is 11.7. The largest absolute Gasteiger partial charge is 0.458 e. The lowest BCUT2D eigenvalue weighted by Gasteiger charge is -2.17. The van der Waals surface area contributed by atoms with Gasteiger partial charge >= 0.3 is 5.97 Å². The first kappa shape index (κ1) is 27.0. The zero-order valence-corrected chi connectivity index (χ0v) is 19.6. The first-order valence-electron chi connectivity index (χ1n) is 11.7. The van der Waals surface area contributed by atoms with Crippen LogP contribution in [0.1, 0.15) is 79.1 Å². The van der Waals surface area contributed by atoms with E-state index in [-0.39, 0.29) is 42.0 Å². The van der Waals surface area contributed by atoms with Crippen LogP contribution in [0.15, 0.2) is 36.0 Å². The van der Waals surface area contributed by atoms with Gasteiger partial charge in [-0.25, -0.2) is 0 Å². The topological polar surface area (TPSA) is 80.7 Å². The molecule has 31 heavy (non-hydrogen) atoms. The number of hydrogen-bond acceptors (Lipinski definition) is 5. The summed E-state index contributed by atoms with van der Waals surface area (Å²) in [4.78, 5) is 35.0. The Kier molecular flexibility index (Phi) is 13.0. The number of carbonyl (C=O) groups excluding carboxylic acids is 3. The molecule has 5 nitrogen and oxygen atoms in total. The predicted molar refractivity (Wildman–Crippen MR) is 123 cm³/mol. The minimum absolute atomic E-state index is 0.0751. The standard InChI is InChI=1S/C26H40O5/c1-5-12-19(3)25(29)16-11-13-22-17-21(6-2)26(30)24(22)15-10-8-7-9-14-23(28)18-31-20(4)27/h8,10-11,13,17,19,22,24-25,29H,5-7,9,12,14-16,18H2,1-4H3/t19?,22-,24+,25?/m0/s1. The highest BCUT2D eigenvalue weighted by Gasteiger charge is 2.32. The van der Waals surface area contributed by atoms with E-state index in [1.165, 1.54) is 6.92 Å². The van der Waals surface area contributed by atoms with Crippen LogP contribution < -0.4 is 0 Å². The van der Waals surface area contributed by atoms with Crippen LogP contribution in [0.3, 0.4) is 0 Å². The van der Waals surface area contributed by atoms with E-state index < -0.39 is 5.97 Å². The summed E-state index contributed by atoms with van der Waals surface area (Å²) in [6.07, 6.45) is 15.8. The SMILES string of the molecule is CCCC(C)C(O)CC=C[C@H]1C=C(CC)C(=O)[C@@H]1CC=CCCCC(=O)COC(C)=O. The number of rotatable bonds is 15. The van der Waals surface area contributed by atoms with Gasteiger partial charge in [-0.1, -0.05) is 57.6 Å². The quantitative estimate of drug-likeness (QED) is 0.220. The smallest absolute Gasteiger partial charge is 0.303 e. The molecule has 0 saturated heterocycles. The number of unbranched alkanes of at least 4 members (excludes halogenated alkanes) is 1. The molecule has 1 aliphatic rings. The second-order valence-corrected chi connectivity index (χ2v) is 8.51. The Morgan fingerprint density at radius 3 is 2.61 bits per heavy atom. The zero-order chi connectivity index (χ0) is 23.2. The number of Topliss-reactive ketones (excluding diaryl/α,β-unsaturated/α-hetero) is 2. The van der Waals surface area contributed by atoms with Crippen molar-refractivity contribution in [1.82, 2.24) is 0 Å². The van der Waals surface area contributed by atoms with Gasteiger partial charge in [0, 0.05) is 25.2 Å². The second-order valence-electron chi connectivity index (χ2n) is 8.51. The molecule has 0 saturated carbocycles. The van der Waals surface area contributed by atoms with Crippen LogP contribution in [0, 0.1) is 17.8 Å². The molecule has 0 heterocycles. The molecule has 1 N–H and O–H groups in total. The zero-order valence-electron chi connectivity index (χ0n) is 19.6. The number of ketones is 2. The van der Waals surface area contributed by atoms with Crippen molar-refractivity contribution in [3.05, 3.63) is 36.0 Å². The average molecular weight is 433 g/mol. The van der Waals surface area contributed by atoms with Gasteiger partial charge in [0.25, 0.3) is 0 Å². The fraction of sp³-hybridized carbons (Fsp3) is 0.654. The Hall–Kier alpha value is -2.01. The van der Waals surface area contributed by atoms with Crippen LogP contribution in [0.4, 0.5) is 0 Å². The molecule has 2 unspecified atom stereocenters. The summed E-state index contributed by atoms with van der Waals surface area (Å²) in [5, 5.41) is 10.3. The van der Waals surface area contributed by atoms with E-state index in [0.29, 0.717) is 25.7 Å². The first-order chi connectivity index (χ1) is 14.8. The summed E-state index contributed by atoms with van der Waals surface area (Å²) in [6.45, 7) is 7.34. The molecule has 0 aromatic carbocycles. The third kappa shape index (κ3) is 10.2. The highest BCUT2D eigenvalue weighted by atomic mass is 16.5. The second kappa shape index (κ2) is 14.9. The molecule has 0 amide bonds. The van der Waals surface area contributed by atoms with E-state index in [2.05, 4.69) is 26.0 Å². The van der Waals surface area contributed by atoms with Crippen LogP contribution in [0.25, 0.3) is 0 Å². The lowest BCUT2D eigenvalue weighted by atomic mass is 9.89. The van der Waals surface area contributed by atoms with Crippen molar-refractivity contribution in [2.75, 3.05) is 6.61 Å². The minimum Gasteiger partial charge on any atom is -0.458 e. The van der Waals surface area contributed by atoms with E-state index in [9.17, 15) is 19.5 Å². The average Bonchev–Trinajstić information content (AvgIpc) is 3.03. The van der Waals surface area contributed by atoms with Crippen LogP contribution >= 0.6 is 0 Å². The van der Waals surface area contributed by atoms with Gasteiger partial charge in [0.15, 0.2) is 11.6 Å². The van der Waals surface area contributed by atoms with E-state index in [0.717, 1.165) is 31.3 Å². The molecule has 0 bridgehead atoms. The lowest BCUT2D eigenvalue weighted by molar-refractivity contribution is -0.145. The Balaban J connectivity index is 2.49. The summed E-state index contributed by atoms with van der Waals surface area (Å²) < 4.78 is 4.69. The Bertz CT molecular complexity index is 673. The van der Waals surface area contributed by atoms with Crippen molar-refractivity contribution in [2.45, 2.75) is 85.2 Å². The van der Waals surface area contributed by atoms with Gasteiger partial charge in [0.1, 0.15) is 6.61 Å². The van der Waals surface area contributed by atoms with E-state index in [1.54, 1.807) is 0 Å². The van der Waals surface area contributed by atoms with Crippen molar-refractivity contribution in [1.29, 1.82) is 0 Å². The van der Waals surface area contributed by atoms with Crippen molar-refractivity contribution in [2.24, 2.45) is 17.8 Å². The highest BCUT2D eigenvalue weighted by molar-refractivity contribution is 6.00. The molecule has 0 fully saturated rings. The van der Waals surface area contributed by atoms with Crippen LogP contribution in [0.5, 0.6) is 0 Å². The molecule has 1 aliphatic carbocycles. The fourth-order valence-electron chi connectivity index (χ4n) is 3.88. The monoisotopic (exact) mass is 432 g/mol. The molecule has 0 aromatic heterocycles. The molecule has 4 atom stereocenters. The number of aliphatic hydroxyl groups is 1. The third-order valence-electron chi connectivity index (χ3n) is 5.85. The molecule has 174 valence electrons. The van der Waals surface area contributed by atoms with Crippen LogP contribution in [0.2, 0.25) is 0 Å². The summed E-state index contributed by atoms with van der Waals surface area (Å²) in [5.74, 6) is -0.0287. The van der Waals surface area contributed by atoms with Gasteiger partial charge in [-0.2, -0.15) is 0 Å².